The number of thiophene rings is 1. The Bertz CT molecular complexity index is 616. The zero-order valence-corrected chi connectivity index (χ0v) is 12.2. The highest BCUT2D eigenvalue weighted by atomic mass is 32.1. The summed E-state index contributed by atoms with van der Waals surface area (Å²) in [4.78, 5) is 13.0. The molecule has 0 bridgehead atoms. The zero-order chi connectivity index (χ0) is 14.4. The Hall–Kier alpha value is -2.07. The van der Waals surface area contributed by atoms with Crippen LogP contribution in [-0.4, -0.2) is 5.91 Å². The molecule has 0 aliphatic heterocycles. The molecule has 4 heteroatoms. The van der Waals surface area contributed by atoms with Gasteiger partial charge >= 0.3 is 0 Å². The van der Waals surface area contributed by atoms with Gasteiger partial charge in [0.1, 0.15) is 0 Å². The van der Waals surface area contributed by atoms with Crippen LogP contribution in [-0.2, 0) is 17.8 Å². The molecular weight excluding hydrogens is 268 g/mol. The number of anilines is 1. The molecule has 0 fully saturated rings. The number of nitrogens with one attached hydrogen (secondary N) is 1. The Kier molecular flexibility index (Phi) is 4.96. The van der Waals surface area contributed by atoms with Gasteiger partial charge in [0, 0.05) is 16.6 Å². The quantitative estimate of drug-likeness (QED) is 0.655. The maximum Gasteiger partial charge on any atom is 0.244 e. The first kappa shape index (κ1) is 14.3. The van der Waals surface area contributed by atoms with Gasteiger partial charge in [-0.05, 0) is 47.2 Å². The van der Waals surface area contributed by atoms with Crippen LogP contribution in [0, 0.1) is 0 Å². The van der Waals surface area contributed by atoms with Gasteiger partial charge in [-0.15, -0.1) is 11.3 Å². The van der Waals surface area contributed by atoms with E-state index in [1.54, 1.807) is 17.4 Å². The second-order valence-electron chi connectivity index (χ2n) is 4.44. The molecule has 1 amide bonds. The van der Waals surface area contributed by atoms with E-state index >= 15 is 0 Å². The van der Waals surface area contributed by atoms with Gasteiger partial charge in [-0.2, -0.15) is 0 Å². The molecule has 3 N–H and O–H groups in total. The van der Waals surface area contributed by atoms with Gasteiger partial charge in [-0.25, -0.2) is 0 Å². The van der Waals surface area contributed by atoms with Crippen molar-refractivity contribution >= 4 is 29.0 Å². The number of benzene rings is 1. The lowest BCUT2D eigenvalue weighted by molar-refractivity contribution is -0.116. The number of rotatable bonds is 5. The highest BCUT2D eigenvalue weighted by molar-refractivity contribution is 7.10. The molecule has 3 nitrogen and oxygen atoms in total. The summed E-state index contributed by atoms with van der Waals surface area (Å²) in [5, 5.41) is 4.96. The maximum atomic E-state index is 11.8. The van der Waals surface area contributed by atoms with E-state index in [9.17, 15) is 4.79 Å². The fourth-order valence-electron chi connectivity index (χ4n) is 1.90. The van der Waals surface area contributed by atoms with E-state index in [-0.39, 0.29) is 5.91 Å². The summed E-state index contributed by atoms with van der Waals surface area (Å²) >= 11 is 1.68. The van der Waals surface area contributed by atoms with Crippen molar-refractivity contribution in [1.82, 2.24) is 5.32 Å². The summed E-state index contributed by atoms with van der Waals surface area (Å²) in [6.45, 7) is 2.70. The van der Waals surface area contributed by atoms with E-state index in [2.05, 4.69) is 23.7 Å². The van der Waals surface area contributed by atoms with Crippen LogP contribution in [0.15, 0.2) is 41.8 Å². The fraction of sp³-hybridized carbons (Fsp3) is 0.188. The van der Waals surface area contributed by atoms with Crippen LogP contribution < -0.4 is 11.1 Å². The zero-order valence-electron chi connectivity index (χ0n) is 11.4. The van der Waals surface area contributed by atoms with Crippen LogP contribution in [0.5, 0.6) is 0 Å². The number of aryl methyl sites for hydroxylation is 1. The van der Waals surface area contributed by atoms with Crippen molar-refractivity contribution in [3.63, 3.8) is 0 Å². The standard InChI is InChI=1S/C16H18N2OS/c1-2-13-8-9-20-15(13)11-18-16(19)7-6-12-4-3-5-14(17)10-12/h3-10H,2,11,17H2,1H3,(H,18,19)/b7-6+. The summed E-state index contributed by atoms with van der Waals surface area (Å²) in [6.07, 6.45) is 4.29. The molecule has 0 saturated carbocycles. The van der Waals surface area contributed by atoms with E-state index < -0.39 is 0 Å². The number of nitrogen functional groups attached to an aromatic ring is 1. The Morgan fingerprint density at radius 1 is 1.40 bits per heavy atom. The van der Waals surface area contributed by atoms with Gasteiger partial charge in [0.25, 0.3) is 0 Å². The first-order valence-corrected chi connectivity index (χ1v) is 7.43. The van der Waals surface area contributed by atoms with Gasteiger partial charge < -0.3 is 11.1 Å². The lowest BCUT2D eigenvalue weighted by atomic mass is 10.2. The van der Waals surface area contributed by atoms with Gasteiger partial charge in [0.05, 0.1) is 6.54 Å². The van der Waals surface area contributed by atoms with Crippen LogP contribution >= 0.6 is 11.3 Å². The van der Waals surface area contributed by atoms with Crippen molar-refractivity contribution in [2.45, 2.75) is 19.9 Å². The average Bonchev–Trinajstić information content (AvgIpc) is 2.90. The predicted octanol–water partition coefficient (Wildman–Crippen LogP) is 3.22. The number of carbonyl (C=O) groups excluding carboxylic acids is 1. The first-order chi connectivity index (χ1) is 9.69. The van der Waals surface area contributed by atoms with Crippen molar-refractivity contribution in [1.29, 1.82) is 0 Å². The van der Waals surface area contributed by atoms with E-state index in [1.807, 2.05) is 24.3 Å². The topological polar surface area (TPSA) is 55.1 Å². The number of amides is 1. The van der Waals surface area contributed by atoms with E-state index in [1.165, 1.54) is 16.5 Å². The van der Waals surface area contributed by atoms with Gasteiger partial charge in [0.15, 0.2) is 0 Å². The minimum Gasteiger partial charge on any atom is -0.399 e. The molecule has 0 saturated heterocycles. The summed E-state index contributed by atoms with van der Waals surface area (Å²) in [5.74, 6) is -0.0946. The first-order valence-electron chi connectivity index (χ1n) is 6.55. The highest BCUT2D eigenvalue weighted by Crippen LogP contribution is 2.16. The Morgan fingerprint density at radius 3 is 3.00 bits per heavy atom. The maximum absolute atomic E-state index is 11.8. The van der Waals surface area contributed by atoms with Crippen LogP contribution in [0.25, 0.3) is 6.08 Å². The highest BCUT2D eigenvalue weighted by Gasteiger charge is 2.03. The van der Waals surface area contributed by atoms with Crippen LogP contribution in [0.4, 0.5) is 5.69 Å². The van der Waals surface area contributed by atoms with Gasteiger partial charge in [-0.1, -0.05) is 19.1 Å². The summed E-state index contributed by atoms with van der Waals surface area (Å²) in [5.41, 5.74) is 8.60. The average molecular weight is 286 g/mol. The molecule has 0 spiro atoms. The lowest BCUT2D eigenvalue weighted by Gasteiger charge is -2.02. The molecule has 2 aromatic rings. The Labute approximate surface area is 123 Å². The number of hydrogen-bond acceptors (Lipinski definition) is 3. The largest absolute Gasteiger partial charge is 0.399 e. The van der Waals surface area contributed by atoms with Gasteiger partial charge in [-0.3, -0.25) is 4.79 Å². The Balaban J connectivity index is 1.90. The molecule has 1 aromatic carbocycles. The third-order valence-electron chi connectivity index (χ3n) is 2.98. The predicted molar refractivity (Wildman–Crippen MR) is 85.4 cm³/mol. The number of carbonyl (C=O) groups is 1. The Morgan fingerprint density at radius 2 is 2.25 bits per heavy atom. The third kappa shape index (κ3) is 3.96. The molecule has 2 rings (SSSR count). The second kappa shape index (κ2) is 6.91. The molecule has 20 heavy (non-hydrogen) atoms. The summed E-state index contributed by atoms with van der Waals surface area (Å²) in [7, 11) is 0. The van der Waals surface area contributed by atoms with Crippen LogP contribution in [0.2, 0.25) is 0 Å². The van der Waals surface area contributed by atoms with Gasteiger partial charge in [0.2, 0.25) is 5.91 Å². The van der Waals surface area contributed by atoms with Crippen molar-refractivity contribution in [2.75, 3.05) is 5.73 Å². The smallest absolute Gasteiger partial charge is 0.244 e. The van der Waals surface area contributed by atoms with Crippen molar-refractivity contribution < 1.29 is 4.79 Å². The molecule has 0 radical (unpaired) electrons. The molecule has 0 aliphatic rings. The number of hydrogen-bond donors (Lipinski definition) is 2. The molecule has 1 heterocycles. The third-order valence-corrected chi connectivity index (χ3v) is 3.94. The molecule has 0 atom stereocenters. The normalized spacial score (nSPS) is 10.8. The van der Waals surface area contributed by atoms with Crippen molar-refractivity contribution in [3.8, 4) is 0 Å². The second-order valence-corrected chi connectivity index (χ2v) is 5.44. The van der Waals surface area contributed by atoms with Crippen LogP contribution in [0.1, 0.15) is 22.9 Å². The molecule has 104 valence electrons. The van der Waals surface area contributed by atoms with Crippen molar-refractivity contribution in [3.05, 3.63) is 57.8 Å². The fourth-order valence-corrected chi connectivity index (χ4v) is 2.81. The van der Waals surface area contributed by atoms with Crippen molar-refractivity contribution in [2.24, 2.45) is 0 Å². The lowest BCUT2D eigenvalue weighted by Crippen LogP contribution is -2.20. The SMILES string of the molecule is CCc1ccsc1CNC(=O)/C=C/c1cccc(N)c1. The molecular formula is C16H18N2OS. The minimum absolute atomic E-state index is 0.0946. The molecule has 1 aromatic heterocycles. The summed E-state index contributed by atoms with van der Waals surface area (Å²) < 4.78 is 0. The van der Waals surface area contributed by atoms with E-state index in [4.69, 9.17) is 5.73 Å². The monoisotopic (exact) mass is 286 g/mol. The minimum atomic E-state index is -0.0946. The number of nitrogens with two attached hydrogens (primary N) is 1. The molecule has 0 unspecified atom stereocenters. The summed E-state index contributed by atoms with van der Waals surface area (Å²) in [6, 6.07) is 9.54. The molecule has 0 aliphatic carbocycles. The van der Waals surface area contributed by atoms with E-state index in [0.29, 0.717) is 12.2 Å². The van der Waals surface area contributed by atoms with E-state index in [0.717, 1.165) is 12.0 Å². The van der Waals surface area contributed by atoms with Crippen LogP contribution in [0.3, 0.4) is 0 Å².